The number of hydrogen-bond acceptors (Lipinski definition) is 5. The van der Waals surface area contributed by atoms with Gasteiger partial charge in [0.1, 0.15) is 9.84 Å². The van der Waals surface area contributed by atoms with Gasteiger partial charge in [-0.3, -0.25) is 9.80 Å². The summed E-state index contributed by atoms with van der Waals surface area (Å²) in [6.45, 7) is 11.5. The van der Waals surface area contributed by atoms with Crippen LogP contribution in [0, 0.1) is 0 Å². The highest BCUT2D eigenvalue weighted by Crippen LogP contribution is 2.07. The molecule has 1 unspecified atom stereocenters. The lowest BCUT2D eigenvalue weighted by Crippen LogP contribution is -2.50. The normalized spacial score (nSPS) is 20.6. The summed E-state index contributed by atoms with van der Waals surface area (Å²) in [5.74, 6) is 0.231. The van der Waals surface area contributed by atoms with Crippen molar-refractivity contribution in [1.29, 1.82) is 0 Å². The minimum Gasteiger partial charge on any atom is -0.314 e. The summed E-state index contributed by atoms with van der Waals surface area (Å²) in [5.41, 5.74) is 0. The second kappa shape index (κ2) is 8.19. The molecule has 1 heterocycles. The van der Waals surface area contributed by atoms with E-state index >= 15 is 0 Å². The summed E-state index contributed by atoms with van der Waals surface area (Å²) < 4.78 is 21.9. The number of sulfone groups is 1. The van der Waals surface area contributed by atoms with Crippen molar-refractivity contribution in [2.75, 3.05) is 57.8 Å². The predicted molar refractivity (Wildman–Crippen MR) is 80.3 cm³/mol. The van der Waals surface area contributed by atoms with Crippen LogP contribution in [0.25, 0.3) is 0 Å². The Labute approximate surface area is 118 Å². The molecule has 19 heavy (non-hydrogen) atoms. The standard InChI is InChI=1S/C13H29N3O2S/c1-4-13(2)16-10-8-15(9-11-16)7-5-14-6-12-19(3,17)18/h13-14H,4-12H2,1-3H3. The van der Waals surface area contributed by atoms with Crippen LogP contribution in [0.5, 0.6) is 0 Å². The molecule has 0 bridgehead atoms. The zero-order valence-corrected chi connectivity index (χ0v) is 13.4. The molecule has 0 saturated carbocycles. The van der Waals surface area contributed by atoms with Crippen LogP contribution in [0.3, 0.4) is 0 Å². The van der Waals surface area contributed by atoms with Crippen molar-refractivity contribution in [3.63, 3.8) is 0 Å². The Morgan fingerprint density at radius 3 is 2.32 bits per heavy atom. The Balaban J connectivity index is 2.07. The molecule has 0 radical (unpaired) electrons. The Morgan fingerprint density at radius 1 is 1.16 bits per heavy atom. The first-order valence-electron chi connectivity index (χ1n) is 7.27. The van der Waals surface area contributed by atoms with Gasteiger partial charge in [-0.05, 0) is 13.3 Å². The fraction of sp³-hybridized carbons (Fsp3) is 1.00. The molecule has 6 heteroatoms. The molecule has 1 N–H and O–H groups in total. The minimum absolute atomic E-state index is 0.231. The molecule has 0 amide bonds. The molecule has 1 fully saturated rings. The molecule has 1 aliphatic rings. The van der Waals surface area contributed by atoms with E-state index < -0.39 is 9.84 Å². The largest absolute Gasteiger partial charge is 0.314 e. The molecule has 0 aliphatic carbocycles. The van der Waals surface area contributed by atoms with E-state index in [1.165, 1.54) is 12.7 Å². The van der Waals surface area contributed by atoms with Crippen LogP contribution < -0.4 is 5.32 Å². The molecule has 114 valence electrons. The first-order chi connectivity index (χ1) is 8.92. The third-order valence-corrected chi connectivity index (χ3v) is 4.82. The van der Waals surface area contributed by atoms with Gasteiger partial charge in [-0.2, -0.15) is 0 Å². The lowest BCUT2D eigenvalue weighted by molar-refractivity contribution is 0.101. The van der Waals surface area contributed by atoms with Crippen molar-refractivity contribution in [1.82, 2.24) is 15.1 Å². The van der Waals surface area contributed by atoms with Gasteiger partial charge in [0, 0.05) is 58.1 Å². The van der Waals surface area contributed by atoms with Crippen LogP contribution in [-0.4, -0.2) is 82.1 Å². The number of nitrogens with one attached hydrogen (secondary N) is 1. The van der Waals surface area contributed by atoms with E-state index in [-0.39, 0.29) is 5.75 Å². The molecule has 0 aromatic rings. The Bertz CT molecular complexity index is 338. The van der Waals surface area contributed by atoms with Crippen molar-refractivity contribution in [2.45, 2.75) is 26.3 Å². The second-order valence-corrected chi connectivity index (χ2v) is 7.77. The summed E-state index contributed by atoms with van der Waals surface area (Å²) in [6.07, 6.45) is 2.50. The van der Waals surface area contributed by atoms with Crippen molar-refractivity contribution >= 4 is 9.84 Å². The van der Waals surface area contributed by atoms with E-state index in [0.717, 1.165) is 39.3 Å². The number of rotatable bonds is 8. The molecular formula is C13H29N3O2S. The molecule has 0 aromatic carbocycles. The lowest BCUT2D eigenvalue weighted by Gasteiger charge is -2.37. The van der Waals surface area contributed by atoms with Gasteiger partial charge < -0.3 is 5.32 Å². The summed E-state index contributed by atoms with van der Waals surface area (Å²) in [6, 6.07) is 0.690. The van der Waals surface area contributed by atoms with Gasteiger partial charge in [-0.25, -0.2) is 8.42 Å². The SMILES string of the molecule is CCC(C)N1CCN(CCNCCS(C)(=O)=O)CC1. The van der Waals surface area contributed by atoms with Gasteiger partial charge in [0.05, 0.1) is 5.75 Å². The zero-order valence-electron chi connectivity index (χ0n) is 12.6. The smallest absolute Gasteiger partial charge is 0.148 e. The van der Waals surface area contributed by atoms with Crippen LogP contribution in [-0.2, 0) is 9.84 Å². The highest BCUT2D eigenvalue weighted by molar-refractivity contribution is 7.90. The fourth-order valence-corrected chi connectivity index (χ4v) is 2.82. The van der Waals surface area contributed by atoms with E-state index in [2.05, 4.69) is 29.0 Å². The van der Waals surface area contributed by atoms with Gasteiger partial charge in [-0.15, -0.1) is 0 Å². The van der Waals surface area contributed by atoms with Gasteiger partial charge in [-0.1, -0.05) is 6.92 Å². The predicted octanol–water partition coefficient (Wildman–Crippen LogP) is 0.0367. The van der Waals surface area contributed by atoms with Gasteiger partial charge in [0.15, 0.2) is 0 Å². The van der Waals surface area contributed by atoms with Crippen LogP contribution in [0.15, 0.2) is 0 Å². The molecule has 0 spiro atoms. The third kappa shape index (κ3) is 7.25. The first-order valence-corrected chi connectivity index (χ1v) is 9.33. The van der Waals surface area contributed by atoms with Crippen LogP contribution in [0.2, 0.25) is 0 Å². The highest BCUT2D eigenvalue weighted by Gasteiger charge is 2.19. The first kappa shape index (κ1) is 16.9. The number of piperazine rings is 1. The van der Waals surface area contributed by atoms with Crippen molar-refractivity contribution < 1.29 is 8.42 Å². The average Bonchev–Trinajstić information content (AvgIpc) is 2.37. The van der Waals surface area contributed by atoms with Gasteiger partial charge in [0.2, 0.25) is 0 Å². The molecule has 1 rings (SSSR count). The Kier molecular flexibility index (Phi) is 7.28. The van der Waals surface area contributed by atoms with Crippen LogP contribution >= 0.6 is 0 Å². The molecule has 0 aromatic heterocycles. The van der Waals surface area contributed by atoms with E-state index in [0.29, 0.717) is 12.6 Å². The van der Waals surface area contributed by atoms with Crippen molar-refractivity contribution in [3.8, 4) is 0 Å². The Morgan fingerprint density at radius 2 is 1.79 bits per heavy atom. The fourth-order valence-electron chi connectivity index (χ4n) is 2.31. The van der Waals surface area contributed by atoms with Crippen LogP contribution in [0.4, 0.5) is 0 Å². The number of nitrogens with zero attached hydrogens (tertiary/aromatic N) is 2. The Hall–Kier alpha value is -0.170. The monoisotopic (exact) mass is 291 g/mol. The second-order valence-electron chi connectivity index (χ2n) is 5.51. The highest BCUT2D eigenvalue weighted by atomic mass is 32.2. The third-order valence-electron chi connectivity index (χ3n) is 3.88. The maximum absolute atomic E-state index is 11.0. The lowest BCUT2D eigenvalue weighted by atomic mass is 10.2. The summed E-state index contributed by atoms with van der Waals surface area (Å²) in [7, 11) is -2.83. The van der Waals surface area contributed by atoms with Crippen LogP contribution in [0.1, 0.15) is 20.3 Å². The molecule has 5 nitrogen and oxygen atoms in total. The molecule has 1 aliphatic heterocycles. The summed E-state index contributed by atoms with van der Waals surface area (Å²) in [4.78, 5) is 5.00. The number of hydrogen-bond donors (Lipinski definition) is 1. The van der Waals surface area contributed by atoms with E-state index in [9.17, 15) is 8.42 Å². The minimum atomic E-state index is -2.83. The maximum Gasteiger partial charge on any atom is 0.148 e. The van der Waals surface area contributed by atoms with Crippen molar-refractivity contribution in [2.24, 2.45) is 0 Å². The van der Waals surface area contributed by atoms with Crippen molar-refractivity contribution in [3.05, 3.63) is 0 Å². The molecular weight excluding hydrogens is 262 g/mol. The van der Waals surface area contributed by atoms with E-state index in [1.807, 2.05) is 0 Å². The summed E-state index contributed by atoms with van der Waals surface area (Å²) in [5, 5.41) is 3.20. The van der Waals surface area contributed by atoms with E-state index in [4.69, 9.17) is 0 Å². The maximum atomic E-state index is 11.0. The molecule has 1 atom stereocenters. The zero-order chi connectivity index (χ0) is 14.3. The van der Waals surface area contributed by atoms with Gasteiger partial charge in [0.25, 0.3) is 0 Å². The molecule has 1 saturated heterocycles. The average molecular weight is 291 g/mol. The summed E-state index contributed by atoms with van der Waals surface area (Å²) >= 11 is 0. The quantitative estimate of drug-likeness (QED) is 0.640. The van der Waals surface area contributed by atoms with Gasteiger partial charge >= 0.3 is 0 Å². The van der Waals surface area contributed by atoms with E-state index in [1.54, 1.807) is 0 Å². The topological polar surface area (TPSA) is 52.6 Å².